The topological polar surface area (TPSA) is 53.9 Å². The molecule has 0 aromatic carbocycles. The van der Waals surface area contributed by atoms with Crippen LogP contribution >= 0.6 is 11.6 Å². The molecule has 0 amide bonds. The van der Waals surface area contributed by atoms with Gasteiger partial charge in [0.1, 0.15) is 0 Å². The van der Waals surface area contributed by atoms with Gasteiger partial charge in [0.2, 0.25) is 17.2 Å². The SMILES string of the molecule is Clc1nc(NC2CC2)nc(N2CCCCC2)n1. The molecule has 5 nitrogen and oxygen atoms in total. The van der Waals surface area contributed by atoms with Crippen LogP contribution in [0, 0.1) is 0 Å². The van der Waals surface area contributed by atoms with Crippen molar-refractivity contribution in [3.8, 4) is 0 Å². The summed E-state index contributed by atoms with van der Waals surface area (Å²) in [5.74, 6) is 1.33. The molecule has 1 aromatic rings. The molecule has 17 heavy (non-hydrogen) atoms. The van der Waals surface area contributed by atoms with Gasteiger partial charge in [-0.15, -0.1) is 0 Å². The molecule has 0 spiro atoms. The zero-order valence-electron chi connectivity index (χ0n) is 9.69. The van der Waals surface area contributed by atoms with Crippen molar-refractivity contribution in [2.75, 3.05) is 23.3 Å². The minimum Gasteiger partial charge on any atom is -0.351 e. The van der Waals surface area contributed by atoms with E-state index in [-0.39, 0.29) is 5.28 Å². The average Bonchev–Trinajstić information content (AvgIpc) is 3.13. The molecule has 1 aromatic heterocycles. The van der Waals surface area contributed by atoms with E-state index in [0.29, 0.717) is 17.9 Å². The summed E-state index contributed by atoms with van der Waals surface area (Å²) < 4.78 is 0. The molecule has 1 aliphatic heterocycles. The Kier molecular flexibility index (Phi) is 3.01. The van der Waals surface area contributed by atoms with Crippen molar-refractivity contribution in [2.45, 2.75) is 38.1 Å². The van der Waals surface area contributed by atoms with E-state index in [2.05, 4.69) is 25.2 Å². The molecule has 6 heteroatoms. The second-order valence-corrected chi connectivity index (χ2v) is 5.03. The molecule has 1 saturated carbocycles. The summed E-state index contributed by atoms with van der Waals surface area (Å²) in [5, 5.41) is 3.54. The molecule has 3 rings (SSSR count). The molecule has 1 saturated heterocycles. The zero-order chi connectivity index (χ0) is 11.7. The van der Waals surface area contributed by atoms with Crippen LogP contribution in [0.3, 0.4) is 0 Å². The van der Waals surface area contributed by atoms with Crippen molar-refractivity contribution in [2.24, 2.45) is 0 Å². The van der Waals surface area contributed by atoms with Gasteiger partial charge in [0.05, 0.1) is 0 Å². The first-order chi connectivity index (χ1) is 8.31. The van der Waals surface area contributed by atoms with Gasteiger partial charge in [-0.1, -0.05) is 0 Å². The van der Waals surface area contributed by atoms with Gasteiger partial charge in [-0.2, -0.15) is 15.0 Å². The third kappa shape index (κ3) is 2.77. The molecule has 0 radical (unpaired) electrons. The van der Waals surface area contributed by atoms with Crippen LogP contribution < -0.4 is 10.2 Å². The minimum absolute atomic E-state index is 0.281. The van der Waals surface area contributed by atoms with Crippen molar-refractivity contribution < 1.29 is 0 Å². The number of hydrogen-bond acceptors (Lipinski definition) is 5. The van der Waals surface area contributed by atoms with E-state index in [0.717, 1.165) is 13.1 Å². The smallest absolute Gasteiger partial charge is 0.231 e. The predicted octanol–water partition coefficient (Wildman–Crippen LogP) is 2.09. The number of nitrogens with one attached hydrogen (secondary N) is 1. The first-order valence-electron chi connectivity index (χ1n) is 6.24. The normalized spacial score (nSPS) is 20.4. The van der Waals surface area contributed by atoms with Crippen LogP contribution in [0.5, 0.6) is 0 Å². The monoisotopic (exact) mass is 253 g/mol. The standard InChI is InChI=1S/C11H16ClN5/c12-9-14-10(13-8-4-5-8)16-11(15-9)17-6-2-1-3-7-17/h8H,1-7H2,(H,13,14,15,16). The summed E-state index contributed by atoms with van der Waals surface area (Å²) in [7, 11) is 0. The highest BCUT2D eigenvalue weighted by Gasteiger charge is 2.23. The molecule has 2 heterocycles. The summed E-state index contributed by atoms with van der Waals surface area (Å²) in [6.45, 7) is 2.03. The second kappa shape index (κ2) is 4.64. The fourth-order valence-corrected chi connectivity index (χ4v) is 2.21. The third-order valence-electron chi connectivity index (χ3n) is 3.15. The molecule has 1 aliphatic carbocycles. The number of rotatable bonds is 3. The number of halogens is 1. The first-order valence-corrected chi connectivity index (χ1v) is 6.62. The Morgan fingerprint density at radius 2 is 1.82 bits per heavy atom. The van der Waals surface area contributed by atoms with Crippen molar-refractivity contribution in [3.63, 3.8) is 0 Å². The molecular formula is C11H16ClN5. The van der Waals surface area contributed by atoms with E-state index >= 15 is 0 Å². The van der Waals surface area contributed by atoms with Crippen LogP contribution in [0.25, 0.3) is 0 Å². The van der Waals surface area contributed by atoms with E-state index in [9.17, 15) is 0 Å². The Balaban J connectivity index is 1.79. The van der Waals surface area contributed by atoms with Gasteiger partial charge in [-0.25, -0.2) is 0 Å². The highest BCUT2D eigenvalue weighted by Crippen LogP contribution is 2.24. The van der Waals surface area contributed by atoms with Gasteiger partial charge in [0, 0.05) is 19.1 Å². The number of aromatic nitrogens is 3. The Morgan fingerprint density at radius 1 is 1.06 bits per heavy atom. The van der Waals surface area contributed by atoms with Gasteiger partial charge in [0.25, 0.3) is 0 Å². The van der Waals surface area contributed by atoms with Crippen molar-refractivity contribution in [3.05, 3.63) is 5.28 Å². The predicted molar refractivity (Wildman–Crippen MR) is 67.5 cm³/mol. The molecule has 1 N–H and O–H groups in total. The van der Waals surface area contributed by atoms with Crippen molar-refractivity contribution in [1.82, 2.24) is 15.0 Å². The molecule has 0 unspecified atom stereocenters. The van der Waals surface area contributed by atoms with E-state index in [1.54, 1.807) is 0 Å². The van der Waals surface area contributed by atoms with Crippen LogP contribution in [0.4, 0.5) is 11.9 Å². The number of hydrogen-bond donors (Lipinski definition) is 1. The Morgan fingerprint density at radius 3 is 2.53 bits per heavy atom. The Labute approximate surface area is 106 Å². The third-order valence-corrected chi connectivity index (χ3v) is 3.31. The molecule has 0 bridgehead atoms. The highest BCUT2D eigenvalue weighted by molar-refractivity contribution is 6.28. The van der Waals surface area contributed by atoms with E-state index < -0.39 is 0 Å². The molecule has 92 valence electrons. The van der Waals surface area contributed by atoms with Gasteiger partial charge in [-0.3, -0.25) is 0 Å². The summed E-state index contributed by atoms with van der Waals surface area (Å²) in [4.78, 5) is 15.0. The van der Waals surface area contributed by atoms with Crippen molar-refractivity contribution in [1.29, 1.82) is 0 Å². The fraction of sp³-hybridized carbons (Fsp3) is 0.727. The fourth-order valence-electron chi connectivity index (χ4n) is 2.05. The van der Waals surface area contributed by atoms with Gasteiger partial charge in [-0.05, 0) is 43.7 Å². The summed E-state index contributed by atoms with van der Waals surface area (Å²) >= 11 is 5.94. The van der Waals surface area contributed by atoms with Crippen LogP contribution in [0.15, 0.2) is 0 Å². The maximum absolute atomic E-state index is 5.94. The summed E-state index contributed by atoms with van der Waals surface area (Å²) in [6.07, 6.45) is 6.09. The molecule has 0 atom stereocenters. The Hall–Kier alpha value is -1.10. The van der Waals surface area contributed by atoms with Crippen LogP contribution in [-0.4, -0.2) is 34.1 Å². The van der Waals surface area contributed by atoms with Crippen molar-refractivity contribution >= 4 is 23.5 Å². The average molecular weight is 254 g/mol. The van der Waals surface area contributed by atoms with Crippen LogP contribution in [-0.2, 0) is 0 Å². The first kappa shape index (κ1) is 11.0. The lowest BCUT2D eigenvalue weighted by atomic mass is 10.1. The minimum atomic E-state index is 0.281. The van der Waals surface area contributed by atoms with E-state index in [4.69, 9.17) is 11.6 Å². The number of anilines is 2. The van der Waals surface area contributed by atoms with Gasteiger partial charge < -0.3 is 10.2 Å². The van der Waals surface area contributed by atoms with Gasteiger partial charge in [0.15, 0.2) is 0 Å². The summed E-state index contributed by atoms with van der Waals surface area (Å²) in [6, 6.07) is 0.530. The maximum atomic E-state index is 5.94. The number of nitrogens with zero attached hydrogens (tertiary/aromatic N) is 4. The highest BCUT2D eigenvalue weighted by atomic mass is 35.5. The lowest BCUT2D eigenvalue weighted by molar-refractivity contribution is 0.567. The lowest BCUT2D eigenvalue weighted by Gasteiger charge is -2.26. The Bertz CT molecular complexity index is 401. The van der Waals surface area contributed by atoms with Gasteiger partial charge >= 0.3 is 0 Å². The second-order valence-electron chi connectivity index (χ2n) is 4.69. The largest absolute Gasteiger partial charge is 0.351 e. The summed E-state index contributed by atoms with van der Waals surface area (Å²) in [5.41, 5.74) is 0. The molecule has 2 aliphatic rings. The quantitative estimate of drug-likeness (QED) is 0.894. The maximum Gasteiger partial charge on any atom is 0.231 e. The van der Waals surface area contributed by atoms with Crippen LogP contribution in [0.2, 0.25) is 5.28 Å². The van der Waals surface area contributed by atoms with E-state index in [1.807, 2.05) is 0 Å². The lowest BCUT2D eigenvalue weighted by Crippen LogP contribution is -2.31. The van der Waals surface area contributed by atoms with Crippen LogP contribution in [0.1, 0.15) is 32.1 Å². The zero-order valence-corrected chi connectivity index (χ0v) is 10.4. The molecule has 2 fully saturated rings. The van der Waals surface area contributed by atoms with E-state index in [1.165, 1.54) is 32.1 Å². The number of piperidine rings is 1. The molecular weight excluding hydrogens is 238 g/mol.